The fourth-order valence-electron chi connectivity index (χ4n) is 5.46. The third-order valence-electron chi connectivity index (χ3n) is 7.13. The summed E-state index contributed by atoms with van der Waals surface area (Å²) in [7, 11) is -2.64. The van der Waals surface area contributed by atoms with Gasteiger partial charge in [-0.15, -0.1) is 0 Å². The highest BCUT2D eigenvalue weighted by Crippen LogP contribution is 2.48. The minimum absolute atomic E-state index is 0.0636. The van der Waals surface area contributed by atoms with E-state index in [1.807, 2.05) is 34.6 Å². The molecule has 0 spiro atoms. The van der Waals surface area contributed by atoms with Crippen LogP contribution in [0.25, 0.3) is 0 Å². The van der Waals surface area contributed by atoms with E-state index in [0.717, 1.165) is 6.42 Å². The summed E-state index contributed by atoms with van der Waals surface area (Å²) in [6.45, 7) is 17.0. The molecule has 0 aromatic heterocycles. The molecule has 1 heterocycles. The standard InChI is InChI=1S/C29H41NO4Si/c1-27(2,3)33-26(31)30-24(20-32-29(30,7)8)23-19-25(23)34-35(28(4,5)6,21-15-11-9-12-16-21)22-17-13-10-14-18-22/h9-18,23-25H,19-20H2,1-8H3/t23-,24-,25+/m0/s1. The van der Waals surface area contributed by atoms with Gasteiger partial charge in [0.05, 0.1) is 18.8 Å². The zero-order valence-corrected chi connectivity index (χ0v) is 23.5. The van der Waals surface area contributed by atoms with Crippen LogP contribution in [0.4, 0.5) is 4.79 Å². The molecule has 0 radical (unpaired) electrons. The lowest BCUT2D eigenvalue weighted by molar-refractivity contribution is -0.0634. The second kappa shape index (κ2) is 9.06. The smallest absolute Gasteiger partial charge is 0.412 e. The van der Waals surface area contributed by atoms with Crippen molar-refractivity contribution in [1.29, 1.82) is 0 Å². The van der Waals surface area contributed by atoms with Gasteiger partial charge in [-0.2, -0.15) is 0 Å². The highest BCUT2D eigenvalue weighted by molar-refractivity contribution is 6.99. The zero-order chi connectivity index (χ0) is 25.6. The van der Waals surface area contributed by atoms with Gasteiger partial charge in [0.15, 0.2) is 0 Å². The van der Waals surface area contributed by atoms with E-state index in [9.17, 15) is 4.79 Å². The van der Waals surface area contributed by atoms with E-state index >= 15 is 0 Å². The predicted molar refractivity (Wildman–Crippen MR) is 142 cm³/mol. The van der Waals surface area contributed by atoms with Gasteiger partial charge in [0.25, 0.3) is 8.32 Å². The number of nitrogens with zero attached hydrogens (tertiary/aromatic N) is 1. The third kappa shape index (κ3) is 5.06. The molecule has 2 aromatic rings. The summed E-state index contributed by atoms with van der Waals surface area (Å²) >= 11 is 0. The maximum Gasteiger partial charge on any atom is 0.412 e. The summed E-state index contributed by atoms with van der Waals surface area (Å²) in [5.41, 5.74) is -1.27. The van der Waals surface area contributed by atoms with Crippen LogP contribution in [0.3, 0.4) is 0 Å². The van der Waals surface area contributed by atoms with Gasteiger partial charge < -0.3 is 13.9 Å². The Morgan fingerprint density at radius 2 is 1.46 bits per heavy atom. The van der Waals surface area contributed by atoms with Crippen LogP contribution in [-0.4, -0.2) is 49.4 Å². The number of hydrogen-bond acceptors (Lipinski definition) is 4. The minimum Gasteiger partial charge on any atom is -0.444 e. The summed E-state index contributed by atoms with van der Waals surface area (Å²) in [5, 5.41) is 2.46. The van der Waals surface area contributed by atoms with E-state index in [1.165, 1.54) is 10.4 Å². The Morgan fingerprint density at radius 3 is 1.91 bits per heavy atom. The molecule has 1 aliphatic carbocycles. The number of rotatable bonds is 5. The second-order valence-electron chi connectivity index (χ2n) is 12.4. The van der Waals surface area contributed by atoms with Crippen LogP contribution < -0.4 is 10.4 Å². The molecule has 0 bridgehead atoms. The highest BCUT2D eigenvalue weighted by atomic mass is 28.4. The Morgan fingerprint density at radius 1 is 0.943 bits per heavy atom. The van der Waals surface area contributed by atoms with E-state index in [-0.39, 0.29) is 29.2 Å². The second-order valence-corrected chi connectivity index (χ2v) is 16.6. The van der Waals surface area contributed by atoms with E-state index in [2.05, 4.69) is 81.4 Å². The molecule has 35 heavy (non-hydrogen) atoms. The molecule has 1 aliphatic heterocycles. The number of benzene rings is 2. The molecule has 190 valence electrons. The lowest BCUT2D eigenvalue weighted by atomic mass is 10.1. The molecular formula is C29H41NO4Si. The monoisotopic (exact) mass is 495 g/mol. The average Bonchev–Trinajstić information content (AvgIpc) is 3.44. The molecule has 0 unspecified atom stereocenters. The van der Waals surface area contributed by atoms with Gasteiger partial charge in [0.2, 0.25) is 0 Å². The molecule has 5 nitrogen and oxygen atoms in total. The quantitative estimate of drug-likeness (QED) is 0.527. The molecule has 4 rings (SSSR count). The highest BCUT2D eigenvalue weighted by Gasteiger charge is 2.60. The minimum atomic E-state index is -2.64. The first kappa shape index (κ1) is 25.9. The first-order valence-electron chi connectivity index (χ1n) is 12.7. The Balaban J connectivity index is 1.66. The fourth-order valence-corrected chi connectivity index (χ4v) is 10.2. The van der Waals surface area contributed by atoms with Gasteiger partial charge in [0.1, 0.15) is 11.3 Å². The van der Waals surface area contributed by atoms with Crippen molar-refractivity contribution in [1.82, 2.24) is 4.90 Å². The van der Waals surface area contributed by atoms with Crippen molar-refractivity contribution in [3.05, 3.63) is 60.7 Å². The van der Waals surface area contributed by atoms with Gasteiger partial charge in [-0.3, -0.25) is 4.90 Å². The van der Waals surface area contributed by atoms with Gasteiger partial charge in [0, 0.05) is 5.92 Å². The van der Waals surface area contributed by atoms with Crippen LogP contribution in [0.1, 0.15) is 61.8 Å². The van der Waals surface area contributed by atoms with Crippen LogP contribution in [0.2, 0.25) is 5.04 Å². The number of hydrogen-bond donors (Lipinski definition) is 0. The Labute approximate surface area is 211 Å². The molecule has 1 saturated carbocycles. The van der Waals surface area contributed by atoms with Crippen LogP contribution in [-0.2, 0) is 13.9 Å². The van der Waals surface area contributed by atoms with Gasteiger partial charge in [-0.05, 0) is 56.5 Å². The van der Waals surface area contributed by atoms with Crippen LogP contribution in [0.5, 0.6) is 0 Å². The van der Waals surface area contributed by atoms with E-state index < -0.39 is 19.6 Å². The Hall–Kier alpha value is -2.15. The van der Waals surface area contributed by atoms with Crippen LogP contribution in [0, 0.1) is 5.92 Å². The van der Waals surface area contributed by atoms with Crippen molar-refractivity contribution in [3.8, 4) is 0 Å². The van der Waals surface area contributed by atoms with Crippen molar-refractivity contribution in [2.24, 2.45) is 5.92 Å². The molecule has 2 fully saturated rings. The fraction of sp³-hybridized carbons (Fsp3) is 0.552. The first-order chi connectivity index (χ1) is 16.3. The summed E-state index contributed by atoms with van der Waals surface area (Å²) in [6, 6.07) is 21.4. The van der Waals surface area contributed by atoms with Gasteiger partial charge >= 0.3 is 6.09 Å². The summed E-state index contributed by atoms with van der Waals surface area (Å²) in [4.78, 5) is 15.0. The van der Waals surface area contributed by atoms with E-state index in [0.29, 0.717) is 6.61 Å². The molecule has 2 aliphatic rings. The summed E-state index contributed by atoms with van der Waals surface area (Å²) in [6.07, 6.45) is 0.656. The van der Waals surface area contributed by atoms with Gasteiger partial charge in [-0.25, -0.2) is 4.79 Å². The van der Waals surface area contributed by atoms with Crippen molar-refractivity contribution in [2.45, 2.75) is 90.3 Å². The number of ether oxygens (including phenoxy) is 2. The number of carbonyl (C=O) groups is 1. The summed E-state index contributed by atoms with van der Waals surface area (Å²) < 4.78 is 19.2. The SMILES string of the molecule is CC(C)(C)OC(=O)N1[C@H]([C@@H]2C[C@H]2O[Si](c2ccccc2)(c2ccccc2)C(C)(C)C)COC1(C)C. The Bertz CT molecular complexity index is 987. The zero-order valence-electron chi connectivity index (χ0n) is 22.5. The van der Waals surface area contributed by atoms with E-state index in [4.69, 9.17) is 13.9 Å². The topological polar surface area (TPSA) is 48.0 Å². The van der Waals surface area contributed by atoms with E-state index in [1.54, 1.807) is 4.90 Å². The Kier molecular flexibility index (Phi) is 6.71. The molecule has 1 amide bonds. The molecular weight excluding hydrogens is 454 g/mol. The predicted octanol–water partition coefficient (Wildman–Crippen LogP) is 5.32. The normalized spacial score (nSPS) is 24.3. The summed E-state index contributed by atoms with van der Waals surface area (Å²) in [5.74, 6) is 0.214. The van der Waals surface area contributed by atoms with Crippen molar-refractivity contribution in [3.63, 3.8) is 0 Å². The number of amides is 1. The van der Waals surface area contributed by atoms with Crippen LogP contribution >= 0.6 is 0 Å². The molecule has 3 atom stereocenters. The molecule has 6 heteroatoms. The maximum atomic E-state index is 13.2. The molecule has 2 aromatic carbocycles. The van der Waals surface area contributed by atoms with Crippen LogP contribution in [0.15, 0.2) is 60.7 Å². The third-order valence-corrected chi connectivity index (χ3v) is 12.2. The average molecular weight is 496 g/mol. The molecule has 1 saturated heterocycles. The molecule has 0 N–H and O–H groups in total. The number of carbonyl (C=O) groups excluding carboxylic acids is 1. The van der Waals surface area contributed by atoms with Crippen molar-refractivity contribution in [2.75, 3.05) is 6.61 Å². The van der Waals surface area contributed by atoms with Gasteiger partial charge in [-0.1, -0.05) is 81.4 Å². The largest absolute Gasteiger partial charge is 0.444 e. The maximum absolute atomic E-state index is 13.2. The van der Waals surface area contributed by atoms with Crippen molar-refractivity contribution < 1.29 is 18.7 Å². The van der Waals surface area contributed by atoms with Crippen molar-refractivity contribution >= 4 is 24.8 Å². The first-order valence-corrected chi connectivity index (χ1v) is 14.6. The lowest BCUT2D eigenvalue weighted by Gasteiger charge is -2.43. The lowest BCUT2D eigenvalue weighted by Crippen LogP contribution is -2.67.